The van der Waals surface area contributed by atoms with E-state index in [0.29, 0.717) is 5.67 Å². The molecule has 0 fully saturated rings. The van der Waals surface area contributed by atoms with E-state index in [2.05, 4.69) is 83.9 Å². The van der Waals surface area contributed by atoms with Gasteiger partial charge >= 0.3 is 8.24 Å². The van der Waals surface area contributed by atoms with Gasteiger partial charge < -0.3 is 0 Å². The first-order valence-electron chi connectivity index (χ1n) is 7.13. The molecule has 0 spiro atoms. The lowest BCUT2D eigenvalue weighted by Gasteiger charge is -2.33. The molecule has 19 heavy (non-hydrogen) atoms. The topological polar surface area (TPSA) is 8.81 Å². The van der Waals surface area contributed by atoms with Gasteiger partial charge in [-0.05, 0) is 46.1 Å². The van der Waals surface area contributed by atoms with Crippen LogP contribution in [0.5, 0.6) is 0 Å². The summed E-state index contributed by atoms with van der Waals surface area (Å²) in [6, 6.07) is 4.41. The van der Waals surface area contributed by atoms with Crippen LogP contribution in [0.1, 0.15) is 40.3 Å². The molecule has 0 saturated heterocycles. The third-order valence-corrected chi connectivity index (χ3v) is 12.2. The second-order valence-electron chi connectivity index (χ2n) is 6.37. The summed E-state index contributed by atoms with van der Waals surface area (Å²) in [5.41, 5.74) is 3.49. The second kappa shape index (κ2) is 4.19. The molecule has 3 rings (SSSR count). The molecule has 3 heterocycles. The van der Waals surface area contributed by atoms with E-state index in [1.54, 1.807) is 0 Å². The minimum absolute atomic E-state index is 0.624. The van der Waals surface area contributed by atoms with Crippen molar-refractivity contribution in [2.45, 2.75) is 51.4 Å². The summed E-state index contributed by atoms with van der Waals surface area (Å²) in [7, 11) is -1.62. The van der Waals surface area contributed by atoms with Crippen LogP contribution in [0.3, 0.4) is 0 Å². The third kappa shape index (κ3) is 1.44. The van der Waals surface area contributed by atoms with Gasteiger partial charge in [0.1, 0.15) is 5.67 Å². The first-order valence-corrected chi connectivity index (χ1v) is 10.1. The van der Waals surface area contributed by atoms with E-state index in [0.717, 1.165) is 11.1 Å². The maximum Gasteiger partial charge on any atom is 0.315 e. The first-order chi connectivity index (χ1) is 8.92. The number of hydrogen-bond donors (Lipinski definition) is 0. The molecule has 0 radical (unpaired) electrons. The van der Waals surface area contributed by atoms with Crippen LogP contribution < -0.4 is 4.57 Å². The van der Waals surface area contributed by atoms with E-state index >= 15 is 0 Å². The monoisotopic (exact) mass is 337 g/mol. The maximum absolute atomic E-state index is 3.74. The van der Waals surface area contributed by atoms with E-state index in [4.69, 9.17) is 0 Å². The lowest BCUT2D eigenvalue weighted by molar-refractivity contribution is -0.673. The van der Waals surface area contributed by atoms with Crippen molar-refractivity contribution in [1.29, 1.82) is 0 Å². The van der Waals surface area contributed by atoms with Crippen LogP contribution in [0.15, 0.2) is 29.0 Å². The highest BCUT2D eigenvalue weighted by molar-refractivity contribution is 9.10. The number of halogens is 1. The largest absolute Gasteiger partial charge is 0.315 e. The molecule has 4 heteroatoms. The molecule has 102 valence electrons. The number of rotatable bonds is 2. The van der Waals surface area contributed by atoms with Gasteiger partial charge in [-0.15, -0.1) is 0 Å². The van der Waals surface area contributed by atoms with Crippen LogP contribution in [0.25, 0.3) is 11.0 Å². The molecule has 1 unspecified atom stereocenters. The van der Waals surface area contributed by atoms with Gasteiger partial charge in [0, 0.05) is 0 Å². The molecule has 1 aliphatic rings. The Hall–Kier alpha value is -0.613. The summed E-state index contributed by atoms with van der Waals surface area (Å²) < 4.78 is 6.40. The average molecular weight is 338 g/mol. The van der Waals surface area contributed by atoms with Crippen molar-refractivity contribution in [2.24, 2.45) is 0 Å². The zero-order chi connectivity index (χ0) is 13.9. The Balaban J connectivity index is 2.42. The van der Waals surface area contributed by atoms with Crippen LogP contribution >= 0.6 is 15.9 Å². The van der Waals surface area contributed by atoms with Crippen LogP contribution in [0.2, 0.25) is 11.1 Å². The molecule has 1 atom stereocenters. The number of pyridine rings is 1. The summed E-state index contributed by atoms with van der Waals surface area (Å²) >= 11 is 3.74. The Morgan fingerprint density at radius 3 is 2.47 bits per heavy atom. The zero-order valence-electron chi connectivity index (χ0n) is 12.3. The normalized spacial score (nSPS) is 20.9. The first kappa shape index (κ1) is 13.4. The molecule has 2 aromatic rings. The fraction of sp³-hybridized carbons (Fsp3) is 0.533. The average Bonchev–Trinajstić information content (AvgIpc) is 2.79. The molecule has 0 saturated carbocycles. The third-order valence-electron chi connectivity index (χ3n) is 5.08. The summed E-state index contributed by atoms with van der Waals surface area (Å²) in [4.78, 5) is 0. The highest BCUT2D eigenvalue weighted by atomic mass is 79.9. The van der Waals surface area contributed by atoms with Crippen molar-refractivity contribution >= 4 is 35.2 Å². The SMILES string of the molecule is CC(C)[Si]1(C(C)C)C(C)[n+]2cccc3c(Br)cn1c32. The highest BCUT2D eigenvalue weighted by Crippen LogP contribution is 2.46. The van der Waals surface area contributed by atoms with Crippen molar-refractivity contribution in [3.63, 3.8) is 0 Å². The molecule has 2 aromatic heterocycles. The number of nitrogens with zero attached hydrogens (tertiary/aromatic N) is 2. The van der Waals surface area contributed by atoms with Crippen molar-refractivity contribution in [1.82, 2.24) is 4.23 Å². The Morgan fingerprint density at radius 2 is 1.89 bits per heavy atom. The van der Waals surface area contributed by atoms with E-state index in [9.17, 15) is 0 Å². The molecule has 0 N–H and O–H groups in total. The minimum atomic E-state index is -1.62. The molecule has 1 aliphatic heterocycles. The van der Waals surface area contributed by atoms with Gasteiger partial charge in [-0.2, -0.15) is 0 Å². The Morgan fingerprint density at radius 1 is 1.26 bits per heavy atom. The maximum atomic E-state index is 3.74. The van der Waals surface area contributed by atoms with Crippen molar-refractivity contribution < 1.29 is 4.57 Å². The number of hydrogen-bond acceptors (Lipinski definition) is 0. The van der Waals surface area contributed by atoms with Crippen LogP contribution in [-0.4, -0.2) is 12.5 Å². The van der Waals surface area contributed by atoms with Crippen molar-refractivity contribution in [2.75, 3.05) is 0 Å². The van der Waals surface area contributed by atoms with Crippen molar-refractivity contribution in [3.05, 3.63) is 29.0 Å². The Bertz CT molecular complexity index is 637. The lowest BCUT2D eigenvalue weighted by Crippen LogP contribution is -2.56. The summed E-state index contributed by atoms with van der Waals surface area (Å²) in [5, 5.41) is 1.35. The molecular weight excluding hydrogens is 316 g/mol. The highest BCUT2D eigenvalue weighted by Gasteiger charge is 2.60. The quantitative estimate of drug-likeness (QED) is 0.566. The lowest BCUT2D eigenvalue weighted by atomic mass is 10.3. The van der Waals surface area contributed by atoms with E-state index in [1.807, 2.05) is 0 Å². The van der Waals surface area contributed by atoms with Crippen LogP contribution in [-0.2, 0) is 0 Å². The molecule has 2 nitrogen and oxygen atoms in total. The van der Waals surface area contributed by atoms with Gasteiger partial charge in [-0.25, -0.2) is 4.57 Å². The van der Waals surface area contributed by atoms with Gasteiger partial charge in [0.2, 0.25) is 0 Å². The predicted molar refractivity (Wildman–Crippen MR) is 85.9 cm³/mol. The molecule has 0 aliphatic carbocycles. The molecular formula is C15H22BrN2Si+. The van der Waals surface area contributed by atoms with E-state index < -0.39 is 8.24 Å². The Kier molecular flexibility index (Phi) is 2.95. The van der Waals surface area contributed by atoms with E-state index in [-0.39, 0.29) is 0 Å². The minimum Gasteiger partial charge on any atom is -0.278 e. The molecule has 0 bridgehead atoms. The second-order valence-corrected chi connectivity index (χ2v) is 12.6. The molecule has 0 amide bonds. The van der Waals surface area contributed by atoms with Crippen LogP contribution in [0, 0.1) is 0 Å². The van der Waals surface area contributed by atoms with Gasteiger partial charge in [0.15, 0.2) is 0 Å². The zero-order valence-corrected chi connectivity index (χ0v) is 14.9. The summed E-state index contributed by atoms with van der Waals surface area (Å²) in [5.74, 6) is 0. The summed E-state index contributed by atoms with van der Waals surface area (Å²) in [6.45, 7) is 12.1. The smallest absolute Gasteiger partial charge is 0.278 e. The fourth-order valence-electron chi connectivity index (χ4n) is 4.42. The predicted octanol–water partition coefficient (Wildman–Crippen LogP) is 4.42. The summed E-state index contributed by atoms with van der Waals surface area (Å²) in [6.07, 6.45) is 4.60. The van der Waals surface area contributed by atoms with Gasteiger partial charge in [-0.3, -0.25) is 4.23 Å². The van der Waals surface area contributed by atoms with Crippen molar-refractivity contribution in [3.8, 4) is 0 Å². The van der Waals surface area contributed by atoms with E-state index in [1.165, 1.54) is 15.5 Å². The number of aromatic nitrogens is 2. The Labute approximate surface area is 124 Å². The van der Waals surface area contributed by atoms with Gasteiger partial charge in [0.05, 0.1) is 22.3 Å². The van der Waals surface area contributed by atoms with Gasteiger partial charge in [-0.1, -0.05) is 27.7 Å². The van der Waals surface area contributed by atoms with Gasteiger partial charge in [0.25, 0.3) is 5.65 Å². The standard InChI is InChI=1S/C15H22BrN2Si/c1-10(2)19(11(3)4)12(5)17-8-6-7-13-14(16)9-18(19)15(13)17/h6-12H,1-5H3/q+1. The molecule has 0 aromatic carbocycles. The fourth-order valence-corrected chi connectivity index (χ4v) is 11.5. The van der Waals surface area contributed by atoms with Crippen LogP contribution in [0.4, 0.5) is 0 Å².